The van der Waals surface area contributed by atoms with E-state index in [0.717, 1.165) is 31.1 Å². The Bertz CT molecular complexity index is 289. The van der Waals surface area contributed by atoms with Crippen molar-refractivity contribution in [3.8, 4) is 0 Å². The number of hydrogen-bond acceptors (Lipinski definition) is 5. The maximum atomic E-state index is 5.41. The summed E-state index contributed by atoms with van der Waals surface area (Å²) in [6.07, 6.45) is 2.67. The van der Waals surface area contributed by atoms with Gasteiger partial charge < -0.3 is 16.0 Å². The molecule has 0 fully saturated rings. The van der Waals surface area contributed by atoms with Crippen LogP contribution in [-0.4, -0.2) is 36.6 Å². The number of rotatable bonds is 6. The van der Waals surface area contributed by atoms with Gasteiger partial charge in [-0.2, -0.15) is 0 Å². The number of nitrogens with zero attached hydrogens (tertiary/aromatic N) is 3. The summed E-state index contributed by atoms with van der Waals surface area (Å²) < 4.78 is 0. The predicted octanol–water partition coefficient (Wildman–Crippen LogP) is 0.693. The SMILES string of the molecule is CCCN(C)c1cc(NCCN)ncn1. The van der Waals surface area contributed by atoms with Crippen molar-refractivity contribution in [2.24, 2.45) is 5.73 Å². The molecule has 0 saturated carbocycles. The first-order chi connectivity index (χ1) is 7.27. The van der Waals surface area contributed by atoms with Gasteiger partial charge in [-0.1, -0.05) is 6.92 Å². The zero-order chi connectivity index (χ0) is 11.1. The number of nitrogens with one attached hydrogen (secondary N) is 1. The Morgan fingerprint density at radius 3 is 2.93 bits per heavy atom. The van der Waals surface area contributed by atoms with Crippen LogP contribution in [0.15, 0.2) is 12.4 Å². The van der Waals surface area contributed by atoms with E-state index in [4.69, 9.17) is 5.73 Å². The quantitative estimate of drug-likeness (QED) is 0.721. The van der Waals surface area contributed by atoms with Crippen molar-refractivity contribution < 1.29 is 0 Å². The highest BCUT2D eigenvalue weighted by Gasteiger charge is 2.02. The second-order valence-electron chi connectivity index (χ2n) is 3.40. The van der Waals surface area contributed by atoms with E-state index < -0.39 is 0 Å². The van der Waals surface area contributed by atoms with Crippen LogP contribution in [0.25, 0.3) is 0 Å². The number of hydrogen-bond donors (Lipinski definition) is 2. The second kappa shape index (κ2) is 6.19. The molecule has 0 aliphatic rings. The molecule has 0 saturated heterocycles. The zero-order valence-electron chi connectivity index (χ0n) is 9.40. The first-order valence-corrected chi connectivity index (χ1v) is 5.25. The molecule has 1 heterocycles. The molecule has 0 atom stereocenters. The average molecular weight is 209 g/mol. The van der Waals surface area contributed by atoms with Gasteiger partial charge in [0.15, 0.2) is 0 Å². The van der Waals surface area contributed by atoms with Crippen molar-refractivity contribution in [2.45, 2.75) is 13.3 Å². The van der Waals surface area contributed by atoms with Crippen LogP contribution in [0.3, 0.4) is 0 Å². The minimum Gasteiger partial charge on any atom is -0.369 e. The molecule has 0 aromatic carbocycles. The molecule has 0 unspecified atom stereocenters. The molecule has 1 aromatic rings. The molecule has 1 rings (SSSR count). The predicted molar refractivity (Wildman–Crippen MR) is 63.1 cm³/mol. The van der Waals surface area contributed by atoms with E-state index in [1.165, 1.54) is 0 Å². The van der Waals surface area contributed by atoms with Gasteiger partial charge >= 0.3 is 0 Å². The van der Waals surface area contributed by atoms with Crippen molar-refractivity contribution in [3.05, 3.63) is 12.4 Å². The number of aromatic nitrogens is 2. The molecular formula is C10H19N5. The molecule has 5 heteroatoms. The first-order valence-electron chi connectivity index (χ1n) is 5.25. The fourth-order valence-corrected chi connectivity index (χ4v) is 1.30. The molecule has 15 heavy (non-hydrogen) atoms. The van der Waals surface area contributed by atoms with Crippen LogP contribution in [0.2, 0.25) is 0 Å². The summed E-state index contributed by atoms with van der Waals surface area (Å²) >= 11 is 0. The molecule has 5 nitrogen and oxygen atoms in total. The normalized spacial score (nSPS) is 10.1. The maximum Gasteiger partial charge on any atom is 0.133 e. The molecule has 0 bridgehead atoms. The van der Waals surface area contributed by atoms with Gasteiger partial charge in [0.2, 0.25) is 0 Å². The Hall–Kier alpha value is -1.36. The molecule has 0 spiro atoms. The smallest absolute Gasteiger partial charge is 0.133 e. The highest BCUT2D eigenvalue weighted by Crippen LogP contribution is 2.12. The minimum atomic E-state index is 0.601. The summed E-state index contributed by atoms with van der Waals surface area (Å²) in [7, 11) is 2.03. The van der Waals surface area contributed by atoms with E-state index in [1.54, 1.807) is 6.33 Å². The zero-order valence-corrected chi connectivity index (χ0v) is 9.40. The van der Waals surface area contributed by atoms with E-state index in [-0.39, 0.29) is 0 Å². The Labute approximate surface area is 90.7 Å². The molecule has 0 amide bonds. The van der Waals surface area contributed by atoms with Crippen LogP contribution in [-0.2, 0) is 0 Å². The topological polar surface area (TPSA) is 67.1 Å². The van der Waals surface area contributed by atoms with Crippen LogP contribution < -0.4 is 16.0 Å². The Morgan fingerprint density at radius 1 is 1.47 bits per heavy atom. The molecule has 1 aromatic heterocycles. The summed E-state index contributed by atoms with van der Waals surface area (Å²) in [5.74, 6) is 1.76. The lowest BCUT2D eigenvalue weighted by Gasteiger charge is -2.17. The van der Waals surface area contributed by atoms with Crippen molar-refractivity contribution in [1.82, 2.24) is 9.97 Å². The average Bonchev–Trinajstić information content (AvgIpc) is 2.27. The van der Waals surface area contributed by atoms with Crippen LogP contribution in [0.4, 0.5) is 11.6 Å². The van der Waals surface area contributed by atoms with Gasteiger partial charge in [-0.15, -0.1) is 0 Å². The fourth-order valence-electron chi connectivity index (χ4n) is 1.30. The fraction of sp³-hybridized carbons (Fsp3) is 0.600. The van der Waals surface area contributed by atoms with Gasteiger partial charge in [0.25, 0.3) is 0 Å². The standard InChI is InChI=1S/C10H19N5/c1-3-6-15(2)10-7-9(12-5-4-11)13-8-14-10/h7-8H,3-6,11H2,1-2H3,(H,12,13,14). The van der Waals surface area contributed by atoms with Gasteiger partial charge in [-0.25, -0.2) is 9.97 Å². The molecule has 0 radical (unpaired) electrons. The van der Waals surface area contributed by atoms with Crippen LogP contribution in [0.1, 0.15) is 13.3 Å². The summed E-state index contributed by atoms with van der Waals surface area (Å²) in [6.45, 7) is 4.47. The molecule has 0 aliphatic heterocycles. The van der Waals surface area contributed by atoms with Crippen LogP contribution >= 0.6 is 0 Å². The third kappa shape index (κ3) is 3.71. The first kappa shape index (κ1) is 11.7. The molecule has 84 valence electrons. The van der Waals surface area contributed by atoms with Crippen molar-refractivity contribution in [1.29, 1.82) is 0 Å². The second-order valence-corrected chi connectivity index (χ2v) is 3.40. The van der Waals surface area contributed by atoms with E-state index in [9.17, 15) is 0 Å². The summed E-state index contributed by atoms with van der Waals surface area (Å²) in [6, 6.07) is 1.94. The summed E-state index contributed by atoms with van der Waals surface area (Å²) in [5.41, 5.74) is 5.41. The van der Waals surface area contributed by atoms with Gasteiger partial charge in [0.1, 0.15) is 18.0 Å². The summed E-state index contributed by atoms with van der Waals surface area (Å²) in [5, 5.41) is 3.13. The van der Waals surface area contributed by atoms with E-state index in [2.05, 4.69) is 27.1 Å². The lowest BCUT2D eigenvalue weighted by molar-refractivity contribution is 0.834. The van der Waals surface area contributed by atoms with Gasteiger partial charge in [-0.05, 0) is 6.42 Å². The molecule has 3 N–H and O–H groups in total. The monoisotopic (exact) mass is 209 g/mol. The van der Waals surface area contributed by atoms with Crippen molar-refractivity contribution >= 4 is 11.6 Å². The van der Waals surface area contributed by atoms with E-state index in [1.807, 2.05) is 13.1 Å². The third-order valence-corrected chi connectivity index (χ3v) is 2.05. The highest BCUT2D eigenvalue weighted by molar-refractivity contribution is 5.47. The van der Waals surface area contributed by atoms with Gasteiger partial charge in [-0.3, -0.25) is 0 Å². The van der Waals surface area contributed by atoms with E-state index in [0.29, 0.717) is 6.54 Å². The number of anilines is 2. The Kier molecular flexibility index (Phi) is 4.83. The minimum absolute atomic E-state index is 0.601. The van der Waals surface area contributed by atoms with Crippen molar-refractivity contribution in [2.75, 3.05) is 36.9 Å². The van der Waals surface area contributed by atoms with Crippen molar-refractivity contribution in [3.63, 3.8) is 0 Å². The Balaban J connectivity index is 2.64. The molecular weight excluding hydrogens is 190 g/mol. The number of nitrogens with two attached hydrogens (primary N) is 1. The van der Waals surface area contributed by atoms with Crippen LogP contribution in [0.5, 0.6) is 0 Å². The molecule has 0 aliphatic carbocycles. The third-order valence-electron chi connectivity index (χ3n) is 2.05. The van der Waals surface area contributed by atoms with Gasteiger partial charge in [0, 0.05) is 32.7 Å². The lowest BCUT2D eigenvalue weighted by atomic mass is 10.4. The Morgan fingerprint density at radius 2 is 2.27 bits per heavy atom. The van der Waals surface area contributed by atoms with Gasteiger partial charge in [0.05, 0.1) is 0 Å². The van der Waals surface area contributed by atoms with E-state index >= 15 is 0 Å². The lowest BCUT2D eigenvalue weighted by Crippen LogP contribution is -2.20. The largest absolute Gasteiger partial charge is 0.369 e. The summed E-state index contributed by atoms with van der Waals surface area (Å²) in [4.78, 5) is 10.4. The highest BCUT2D eigenvalue weighted by atomic mass is 15.2. The maximum absolute atomic E-state index is 5.41. The van der Waals surface area contributed by atoms with Crippen LogP contribution in [0, 0.1) is 0 Å².